The fourth-order valence-corrected chi connectivity index (χ4v) is 5.59. The first-order chi connectivity index (χ1) is 28.0. The van der Waals surface area contributed by atoms with Gasteiger partial charge >= 0.3 is 0 Å². The average molecular weight is 787 g/mol. The summed E-state index contributed by atoms with van der Waals surface area (Å²) < 4.78 is 0. The van der Waals surface area contributed by atoms with Gasteiger partial charge in [-0.15, -0.1) is 0 Å². The van der Waals surface area contributed by atoms with Crippen molar-refractivity contribution in [3.8, 4) is 23.0 Å². The number of benzene rings is 4. The number of unbranched alkanes of at least 4 members (excludes halogenated alkanes) is 1. The van der Waals surface area contributed by atoms with Crippen LogP contribution in [0.2, 0.25) is 0 Å². The van der Waals surface area contributed by atoms with Gasteiger partial charge in [0.25, 0.3) is 0 Å². The summed E-state index contributed by atoms with van der Waals surface area (Å²) in [6, 6.07) is 25.9. The van der Waals surface area contributed by atoms with Crippen LogP contribution in [0.1, 0.15) is 47.9 Å². The second-order valence-corrected chi connectivity index (χ2v) is 13.3. The van der Waals surface area contributed by atoms with E-state index >= 15 is 0 Å². The maximum atomic E-state index is 13.5. The number of phenolic OH excluding ortho intramolecular Hbond substituents is 4. The van der Waals surface area contributed by atoms with Gasteiger partial charge in [-0.05, 0) is 121 Å². The van der Waals surface area contributed by atoms with Crippen LogP contribution in [-0.2, 0) is 19.2 Å². The van der Waals surface area contributed by atoms with Gasteiger partial charge in [-0.25, -0.2) is 0 Å². The molecular formula is C46H50N4O8. The first-order valence-corrected chi connectivity index (χ1v) is 19.1. The molecule has 58 heavy (non-hydrogen) atoms. The molecule has 302 valence electrons. The molecule has 0 aliphatic rings. The highest BCUT2D eigenvalue weighted by Gasteiger charge is 2.15. The van der Waals surface area contributed by atoms with Crippen LogP contribution in [0.25, 0.3) is 24.3 Å². The van der Waals surface area contributed by atoms with E-state index in [1.807, 2.05) is 0 Å². The van der Waals surface area contributed by atoms with Crippen molar-refractivity contribution in [2.24, 2.45) is 0 Å². The summed E-state index contributed by atoms with van der Waals surface area (Å²) in [6.07, 6.45) is 14.6. The Morgan fingerprint density at radius 3 is 1.05 bits per heavy atom. The van der Waals surface area contributed by atoms with E-state index in [-0.39, 0.29) is 46.6 Å². The molecule has 4 aromatic rings. The maximum absolute atomic E-state index is 13.5. The zero-order valence-electron chi connectivity index (χ0n) is 32.2. The van der Waals surface area contributed by atoms with Crippen LogP contribution in [0.3, 0.4) is 0 Å². The third-order valence-corrected chi connectivity index (χ3v) is 8.80. The smallest absolute Gasteiger partial charge is 0.246 e. The van der Waals surface area contributed by atoms with Gasteiger partial charge in [0.2, 0.25) is 23.6 Å². The van der Waals surface area contributed by atoms with Crippen LogP contribution in [-0.4, -0.2) is 93.1 Å². The molecule has 0 aliphatic carbocycles. The molecule has 4 amide bonds. The molecule has 0 spiro atoms. The normalized spacial score (nSPS) is 11.4. The summed E-state index contributed by atoms with van der Waals surface area (Å²) in [5.74, 6) is -0.499. The largest absolute Gasteiger partial charge is 0.508 e. The van der Waals surface area contributed by atoms with E-state index in [2.05, 4.69) is 10.6 Å². The maximum Gasteiger partial charge on any atom is 0.246 e. The van der Waals surface area contributed by atoms with E-state index in [0.717, 1.165) is 22.3 Å². The standard InChI is InChI=1S/C46H50N4O8/c51-39-17-5-35(6-18-39)13-25-43(55)47-29-1-2-31-49(45(57)27-15-37-9-21-41(53)22-10-37)33-4-34-50(46(58)28-16-38-11-23-42(54)24-12-38)32-3-30-48-44(56)26-14-36-7-19-40(52)20-8-36/h5-28,51-54H,1-4,29-34H2,(H,47,55)(H,48,56)/b25-13+,26-14+,27-15+,28-16+. The summed E-state index contributed by atoms with van der Waals surface area (Å²) in [5, 5.41) is 43.8. The molecule has 4 rings (SSSR count). The topological polar surface area (TPSA) is 180 Å². The van der Waals surface area contributed by atoms with Gasteiger partial charge in [0.05, 0.1) is 0 Å². The molecule has 6 N–H and O–H groups in total. The zero-order chi connectivity index (χ0) is 41.5. The molecular weight excluding hydrogens is 737 g/mol. The minimum atomic E-state index is -0.294. The Morgan fingerprint density at radius 1 is 0.397 bits per heavy atom. The molecule has 0 saturated heterocycles. The Hall–Kier alpha value is -7.08. The van der Waals surface area contributed by atoms with Crippen molar-refractivity contribution >= 4 is 47.9 Å². The number of nitrogens with one attached hydrogen (secondary N) is 2. The Balaban J connectivity index is 1.34. The van der Waals surface area contributed by atoms with Crippen LogP contribution in [0.5, 0.6) is 23.0 Å². The van der Waals surface area contributed by atoms with E-state index in [0.29, 0.717) is 65.0 Å². The molecule has 0 atom stereocenters. The van der Waals surface area contributed by atoms with Gasteiger partial charge in [0, 0.05) is 63.6 Å². The Bertz CT molecular complexity index is 2040. The number of nitrogens with zero attached hydrogens (tertiary/aromatic N) is 2. The minimum absolute atomic E-state index is 0.117. The van der Waals surface area contributed by atoms with Crippen LogP contribution in [0.15, 0.2) is 121 Å². The lowest BCUT2D eigenvalue weighted by Gasteiger charge is -2.25. The van der Waals surface area contributed by atoms with Gasteiger partial charge in [-0.2, -0.15) is 0 Å². The van der Waals surface area contributed by atoms with Gasteiger partial charge in [0.1, 0.15) is 23.0 Å². The van der Waals surface area contributed by atoms with Gasteiger partial charge in [0.15, 0.2) is 0 Å². The van der Waals surface area contributed by atoms with Gasteiger partial charge in [-0.3, -0.25) is 19.2 Å². The number of amides is 4. The number of hydrogen-bond acceptors (Lipinski definition) is 8. The molecule has 0 unspecified atom stereocenters. The number of carbonyl (C=O) groups excluding carboxylic acids is 4. The highest BCUT2D eigenvalue weighted by molar-refractivity contribution is 5.93. The Kier molecular flexibility index (Phi) is 17.9. The van der Waals surface area contributed by atoms with Crippen molar-refractivity contribution < 1.29 is 39.6 Å². The Labute approximate surface area is 338 Å². The molecule has 0 radical (unpaired) electrons. The first-order valence-electron chi connectivity index (χ1n) is 19.1. The number of rotatable bonds is 21. The highest BCUT2D eigenvalue weighted by atomic mass is 16.3. The fraction of sp³-hybridized carbons (Fsp3) is 0.217. The van der Waals surface area contributed by atoms with Crippen LogP contribution >= 0.6 is 0 Å². The third-order valence-electron chi connectivity index (χ3n) is 8.80. The number of aromatic hydroxyl groups is 4. The average Bonchev–Trinajstić information content (AvgIpc) is 3.22. The molecule has 0 heterocycles. The molecule has 4 aromatic carbocycles. The number of carbonyl (C=O) groups is 4. The van der Waals surface area contributed by atoms with Gasteiger partial charge < -0.3 is 40.9 Å². The van der Waals surface area contributed by atoms with Crippen molar-refractivity contribution in [2.75, 3.05) is 39.3 Å². The van der Waals surface area contributed by atoms with Crippen molar-refractivity contribution in [2.45, 2.75) is 25.7 Å². The summed E-state index contributed by atoms with van der Waals surface area (Å²) in [4.78, 5) is 55.0. The molecule has 0 aliphatic heterocycles. The highest BCUT2D eigenvalue weighted by Crippen LogP contribution is 2.14. The second-order valence-electron chi connectivity index (χ2n) is 13.3. The predicted octanol–water partition coefficient (Wildman–Crippen LogP) is 6.11. The molecule has 0 fully saturated rings. The van der Waals surface area contributed by atoms with Crippen LogP contribution < -0.4 is 10.6 Å². The summed E-state index contributed by atoms with van der Waals surface area (Å²) in [5.41, 5.74) is 3.02. The number of phenols is 4. The van der Waals surface area contributed by atoms with E-state index < -0.39 is 0 Å². The lowest BCUT2D eigenvalue weighted by molar-refractivity contribution is -0.126. The molecule has 0 bridgehead atoms. The first kappa shape index (κ1) is 43.6. The predicted molar refractivity (Wildman–Crippen MR) is 226 cm³/mol. The molecule has 0 aromatic heterocycles. The van der Waals surface area contributed by atoms with Crippen LogP contribution in [0, 0.1) is 0 Å². The second kappa shape index (κ2) is 23.8. The SMILES string of the molecule is O=C(/C=C/c1ccc(O)cc1)NCCCCN(CCCN(CCCNC(=O)/C=C/c1ccc(O)cc1)C(=O)/C=C/c1ccc(O)cc1)C(=O)/C=C/c1ccc(O)cc1. The van der Waals surface area contributed by atoms with Gasteiger partial charge in [-0.1, -0.05) is 48.5 Å². The minimum Gasteiger partial charge on any atom is -0.508 e. The van der Waals surface area contributed by atoms with Crippen molar-refractivity contribution in [3.05, 3.63) is 144 Å². The molecule has 12 heteroatoms. The monoisotopic (exact) mass is 786 g/mol. The third kappa shape index (κ3) is 16.7. The Morgan fingerprint density at radius 2 is 0.690 bits per heavy atom. The van der Waals surface area contributed by atoms with E-state index in [1.165, 1.54) is 60.7 Å². The van der Waals surface area contributed by atoms with Crippen molar-refractivity contribution in [3.63, 3.8) is 0 Å². The molecule has 12 nitrogen and oxygen atoms in total. The number of hydrogen-bond donors (Lipinski definition) is 6. The lowest BCUT2D eigenvalue weighted by Crippen LogP contribution is -2.37. The summed E-state index contributed by atoms with van der Waals surface area (Å²) in [6.45, 7) is 2.17. The summed E-state index contributed by atoms with van der Waals surface area (Å²) >= 11 is 0. The molecule has 0 saturated carbocycles. The van der Waals surface area contributed by atoms with Crippen LogP contribution in [0.4, 0.5) is 0 Å². The van der Waals surface area contributed by atoms with Crippen molar-refractivity contribution in [1.29, 1.82) is 0 Å². The quantitative estimate of drug-likeness (QED) is 0.0433. The van der Waals surface area contributed by atoms with Crippen molar-refractivity contribution in [1.82, 2.24) is 20.4 Å². The van der Waals surface area contributed by atoms with E-state index in [9.17, 15) is 39.6 Å². The van der Waals surface area contributed by atoms with E-state index in [4.69, 9.17) is 0 Å². The van der Waals surface area contributed by atoms with E-state index in [1.54, 1.807) is 94.8 Å². The lowest BCUT2D eigenvalue weighted by atomic mass is 10.2. The summed E-state index contributed by atoms with van der Waals surface area (Å²) in [7, 11) is 0. The zero-order valence-corrected chi connectivity index (χ0v) is 32.2. The fourth-order valence-electron chi connectivity index (χ4n) is 5.59.